The van der Waals surface area contributed by atoms with Crippen LogP contribution in [0.15, 0.2) is 54.6 Å². The maximum atomic E-state index is 13.4. The molecule has 1 saturated heterocycles. The van der Waals surface area contributed by atoms with Crippen molar-refractivity contribution in [1.82, 2.24) is 15.1 Å². The van der Waals surface area contributed by atoms with Gasteiger partial charge < -0.3 is 21.1 Å². The van der Waals surface area contributed by atoms with Crippen molar-refractivity contribution in [1.29, 1.82) is 0 Å². The fraction of sp³-hybridized carbons (Fsp3) is 0.292. The molecule has 8 nitrogen and oxygen atoms in total. The minimum Gasteiger partial charge on any atom is -0.492 e. The molecule has 0 bridgehead atoms. The van der Waals surface area contributed by atoms with Gasteiger partial charge in [0.25, 0.3) is 5.91 Å². The molecule has 4 rings (SSSR count). The van der Waals surface area contributed by atoms with E-state index in [0.29, 0.717) is 24.7 Å². The van der Waals surface area contributed by atoms with E-state index in [4.69, 9.17) is 10.5 Å². The summed E-state index contributed by atoms with van der Waals surface area (Å²) >= 11 is 0. The minimum atomic E-state index is -0.703. The fourth-order valence-electron chi connectivity index (χ4n) is 3.69. The third-order valence-corrected chi connectivity index (χ3v) is 5.40. The average molecular weight is 451 g/mol. The number of hydrogen-bond acceptors (Lipinski definition) is 7. The molecule has 0 saturated carbocycles. The SMILES string of the molecule is NC(=O)c1nnc(Nc2ccc(OCCN3CCCC3)cc2)cc1NCc1cccc(F)c1. The minimum absolute atomic E-state index is 0.0127. The zero-order chi connectivity index (χ0) is 23.0. The lowest BCUT2D eigenvalue weighted by atomic mass is 10.2. The van der Waals surface area contributed by atoms with Crippen LogP contribution in [0.2, 0.25) is 0 Å². The van der Waals surface area contributed by atoms with E-state index in [2.05, 4.69) is 25.7 Å². The van der Waals surface area contributed by atoms with Crippen molar-refractivity contribution < 1.29 is 13.9 Å². The van der Waals surface area contributed by atoms with Gasteiger partial charge in [-0.2, -0.15) is 0 Å². The second-order valence-electron chi connectivity index (χ2n) is 7.89. The number of likely N-dealkylation sites (tertiary alicyclic amines) is 1. The highest BCUT2D eigenvalue weighted by Crippen LogP contribution is 2.22. The molecule has 33 heavy (non-hydrogen) atoms. The smallest absolute Gasteiger partial charge is 0.271 e. The lowest BCUT2D eigenvalue weighted by molar-refractivity contribution is 0.0995. The second-order valence-corrected chi connectivity index (χ2v) is 7.89. The highest BCUT2D eigenvalue weighted by atomic mass is 19.1. The number of nitrogens with one attached hydrogen (secondary N) is 2. The molecule has 9 heteroatoms. The first-order valence-corrected chi connectivity index (χ1v) is 10.9. The first-order chi connectivity index (χ1) is 16.1. The summed E-state index contributed by atoms with van der Waals surface area (Å²) in [6.45, 7) is 4.20. The first kappa shape index (κ1) is 22.5. The normalized spacial score (nSPS) is 13.6. The van der Waals surface area contributed by atoms with E-state index in [1.54, 1.807) is 18.2 Å². The number of hydrogen-bond donors (Lipinski definition) is 3. The molecule has 0 unspecified atom stereocenters. The van der Waals surface area contributed by atoms with Crippen molar-refractivity contribution in [3.05, 3.63) is 71.7 Å². The molecule has 2 aromatic carbocycles. The maximum absolute atomic E-state index is 13.4. The van der Waals surface area contributed by atoms with Crippen LogP contribution in [0.4, 0.5) is 21.6 Å². The van der Waals surface area contributed by atoms with Crippen molar-refractivity contribution >= 4 is 23.1 Å². The Morgan fingerprint density at radius 2 is 1.88 bits per heavy atom. The molecule has 2 heterocycles. The predicted octanol–water partition coefficient (Wildman–Crippen LogP) is 3.54. The summed E-state index contributed by atoms with van der Waals surface area (Å²) in [6.07, 6.45) is 2.54. The molecule has 0 spiro atoms. The molecule has 0 radical (unpaired) electrons. The van der Waals surface area contributed by atoms with Crippen molar-refractivity contribution in [2.75, 3.05) is 36.9 Å². The van der Waals surface area contributed by atoms with E-state index < -0.39 is 5.91 Å². The topological polar surface area (TPSA) is 105 Å². The highest BCUT2D eigenvalue weighted by molar-refractivity contribution is 5.96. The predicted molar refractivity (Wildman–Crippen MR) is 125 cm³/mol. The van der Waals surface area contributed by atoms with Crippen LogP contribution in [0.25, 0.3) is 0 Å². The van der Waals surface area contributed by atoms with E-state index in [-0.39, 0.29) is 11.5 Å². The Kier molecular flexibility index (Phi) is 7.31. The number of amides is 1. The van der Waals surface area contributed by atoms with Crippen LogP contribution < -0.4 is 21.1 Å². The summed E-state index contributed by atoms with van der Waals surface area (Å²) in [6, 6.07) is 15.4. The Hall–Kier alpha value is -3.72. The molecule has 4 N–H and O–H groups in total. The van der Waals surface area contributed by atoms with Gasteiger partial charge in [-0.1, -0.05) is 12.1 Å². The van der Waals surface area contributed by atoms with Gasteiger partial charge in [0.05, 0.1) is 5.69 Å². The first-order valence-electron chi connectivity index (χ1n) is 10.9. The summed E-state index contributed by atoms with van der Waals surface area (Å²) in [5, 5.41) is 14.2. The van der Waals surface area contributed by atoms with Crippen LogP contribution in [-0.2, 0) is 6.54 Å². The number of carbonyl (C=O) groups is 1. The van der Waals surface area contributed by atoms with E-state index in [1.807, 2.05) is 24.3 Å². The van der Waals surface area contributed by atoms with Gasteiger partial charge in [0, 0.05) is 24.8 Å². The molecule has 1 amide bonds. The van der Waals surface area contributed by atoms with Gasteiger partial charge in [-0.3, -0.25) is 9.69 Å². The van der Waals surface area contributed by atoms with Gasteiger partial charge in [-0.05, 0) is 67.9 Å². The molecular weight excluding hydrogens is 423 g/mol. The third kappa shape index (κ3) is 6.39. The molecule has 1 aliphatic heterocycles. The van der Waals surface area contributed by atoms with Crippen LogP contribution in [0.1, 0.15) is 28.9 Å². The van der Waals surface area contributed by atoms with Crippen LogP contribution in [0.3, 0.4) is 0 Å². The zero-order valence-corrected chi connectivity index (χ0v) is 18.3. The van der Waals surface area contributed by atoms with Crippen LogP contribution in [0, 0.1) is 5.82 Å². The molecule has 0 atom stereocenters. The van der Waals surface area contributed by atoms with E-state index in [9.17, 15) is 9.18 Å². The number of nitrogens with zero attached hydrogens (tertiary/aromatic N) is 3. The average Bonchev–Trinajstić information content (AvgIpc) is 3.32. The number of ether oxygens (including phenoxy) is 1. The van der Waals surface area contributed by atoms with Crippen LogP contribution >= 0.6 is 0 Å². The standard InChI is InChI=1S/C24H27FN6O2/c25-18-5-3-4-17(14-18)16-27-21-15-22(29-30-23(21)24(26)32)28-19-6-8-20(9-7-19)33-13-12-31-10-1-2-11-31/h3-9,14-15H,1-2,10-13,16H2,(H2,26,32)(H2,27,28,29). The van der Waals surface area contributed by atoms with Crippen LogP contribution in [-0.4, -0.2) is 47.2 Å². The van der Waals surface area contributed by atoms with Crippen LogP contribution in [0.5, 0.6) is 5.75 Å². The van der Waals surface area contributed by atoms with Gasteiger partial charge in [-0.25, -0.2) is 4.39 Å². The lowest BCUT2D eigenvalue weighted by Crippen LogP contribution is -2.25. The summed E-state index contributed by atoms with van der Waals surface area (Å²) < 4.78 is 19.3. The quantitative estimate of drug-likeness (QED) is 0.434. The number of halogens is 1. The largest absolute Gasteiger partial charge is 0.492 e. The fourth-order valence-corrected chi connectivity index (χ4v) is 3.69. The van der Waals surface area contributed by atoms with Gasteiger partial charge >= 0.3 is 0 Å². The summed E-state index contributed by atoms with van der Waals surface area (Å²) in [4.78, 5) is 14.2. The number of nitrogens with two attached hydrogens (primary N) is 1. The second kappa shape index (κ2) is 10.7. The number of carbonyl (C=O) groups excluding carboxylic acids is 1. The Labute approximate surface area is 192 Å². The highest BCUT2D eigenvalue weighted by Gasteiger charge is 2.13. The molecule has 1 fully saturated rings. The molecule has 1 aliphatic rings. The molecule has 0 aliphatic carbocycles. The number of benzene rings is 2. The van der Waals surface area contributed by atoms with E-state index in [1.165, 1.54) is 25.0 Å². The van der Waals surface area contributed by atoms with Gasteiger partial charge in [0.2, 0.25) is 0 Å². The number of aromatic nitrogens is 2. The number of anilines is 3. The number of rotatable bonds is 10. The summed E-state index contributed by atoms with van der Waals surface area (Å²) in [5.41, 5.74) is 7.36. The molecule has 1 aromatic heterocycles. The molecule has 3 aromatic rings. The van der Waals surface area contributed by atoms with Crippen molar-refractivity contribution in [3.8, 4) is 5.75 Å². The van der Waals surface area contributed by atoms with E-state index in [0.717, 1.165) is 36.6 Å². The van der Waals surface area contributed by atoms with Crippen molar-refractivity contribution in [2.45, 2.75) is 19.4 Å². The maximum Gasteiger partial charge on any atom is 0.271 e. The Bertz CT molecular complexity index is 1090. The van der Waals surface area contributed by atoms with Gasteiger partial charge in [0.1, 0.15) is 18.2 Å². The summed E-state index contributed by atoms with van der Waals surface area (Å²) in [7, 11) is 0. The molecule has 172 valence electrons. The third-order valence-electron chi connectivity index (χ3n) is 5.40. The summed E-state index contributed by atoms with van der Waals surface area (Å²) in [5.74, 6) is 0.200. The van der Waals surface area contributed by atoms with Crippen molar-refractivity contribution in [3.63, 3.8) is 0 Å². The Balaban J connectivity index is 1.37. The lowest BCUT2D eigenvalue weighted by Gasteiger charge is -2.15. The monoisotopic (exact) mass is 450 g/mol. The van der Waals surface area contributed by atoms with Gasteiger partial charge in [0.15, 0.2) is 11.5 Å². The van der Waals surface area contributed by atoms with E-state index >= 15 is 0 Å². The zero-order valence-electron chi connectivity index (χ0n) is 18.3. The number of primary amides is 1. The Morgan fingerprint density at radius 1 is 1.09 bits per heavy atom. The van der Waals surface area contributed by atoms with Gasteiger partial charge in [-0.15, -0.1) is 10.2 Å². The Morgan fingerprint density at radius 3 is 2.61 bits per heavy atom. The molecular formula is C24H27FN6O2. The van der Waals surface area contributed by atoms with Crippen molar-refractivity contribution in [2.24, 2.45) is 5.73 Å².